The fraction of sp³-hybridized carbons (Fsp3) is 0.538. The SMILES string of the molecule is O=C(NC[C@@H]1CCOC1)Nc1ccc(OCC(F)(F)F)nc1. The fourth-order valence-electron chi connectivity index (χ4n) is 1.85. The first-order chi connectivity index (χ1) is 10.4. The van der Waals surface area contributed by atoms with Gasteiger partial charge in [0.05, 0.1) is 18.5 Å². The summed E-state index contributed by atoms with van der Waals surface area (Å²) in [5.74, 6) is 0.147. The molecule has 2 heterocycles. The van der Waals surface area contributed by atoms with Crippen LogP contribution in [0.3, 0.4) is 0 Å². The van der Waals surface area contributed by atoms with Crippen molar-refractivity contribution in [2.24, 2.45) is 5.92 Å². The van der Waals surface area contributed by atoms with Crippen LogP contribution in [0.2, 0.25) is 0 Å². The summed E-state index contributed by atoms with van der Waals surface area (Å²) in [6.45, 7) is 0.438. The molecule has 2 N–H and O–H groups in total. The van der Waals surface area contributed by atoms with Crippen molar-refractivity contribution in [3.63, 3.8) is 0 Å². The summed E-state index contributed by atoms with van der Waals surface area (Å²) in [4.78, 5) is 15.3. The molecule has 1 aliphatic heterocycles. The number of nitrogens with zero attached hydrogens (tertiary/aromatic N) is 1. The number of carbonyl (C=O) groups is 1. The number of rotatable bonds is 5. The maximum atomic E-state index is 12.0. The van der Waals surface area contributed by atoms with E-state index < -0.39 is 18.8 Å². The minimum atomic E-state index is -4.41. The van der Waals surface area contributed by atoms with Gasteiger partial charge in [0, 0.05) is 25.1 Å². The van der Waals surface area contributed by atoms with Gasteiger partial charge < -0.3 is 20.1 Å². The lowest BCUT2D eigenvalue weighted by atomic mass is 10.1. The molecule has 0 spiro atoms. The van der Waals surface area contributed by atoms with Crippen molar-refractivity contribution in [2.75, 3.05) is 31.7 Å². The Kier molecular flexibility index (Phi) is 5.42. The average Bonchev–Trinajstić information content (AvgIpc) is 2.97. The van der Waals surface area contributed by atoms with Crippen molar-refractivity contribution >= 4 is 11.7 Å². The number of alkyl halides is 3. The first kappa shape index (κ1) is 16.3. The van der Waals surface area contributed by atoms with Crippen LogP contribution < -0.4 is 15.4 Å². The predicted octanol–water partition coefficient (Wildman–Crippen LogP) is 2.18. The third-order valence-electron chi connectivity index (χ3n) is 2.95. The number of halogens is 3. The van der Waals surface area contributed by atoms with Gasteiger partial charge in [-0.1, -0.05) is 0 Å². The van der Waals surface area contributed by atoms with Crippen molar-refractivity contribution < 1.29 is 27.4 Å². The van der Waals surface area contributed by atoms with Gasteiger partial charge in [0.25, 0.3) is 0 Å². The molecule has 22 heavy (non-hydrogen) atoms. The molecule has 1 aromatic heterocycles. The minimum absolute atomic E-state index is 0.161. The maximum Gasteiger partial charge on any atom is 0.422 e. The molecular weight excluding hydrogens is 303 g/mol. The summed E-state index contributed by atoms with van der Waals surface area (Å²) >= 11 is 0. The van der Waals surface area contributed by atoms with Crippen LogP contribution in [-0.4, -0.2) is 43.6 Å². The molecule has 0 radical (unpaired) electrons. The lowest BCUT2D eigenvalue weighted by Gasteiger charge is -2.11. The van der Waals surface area contributed by atoms with E-state index in [0.717, 1.165) is 6.42 Å². The van der Waals surface area contributed by atoms with E-state index in [0.29, 0.717) is 31.4 Å². The number of ether oxygens (including phenoxy) is 2. The molecule has 2 rings (SSSR count). The highest BCUT2D eigenvalue weighted by atomic mass is 19.4. The van der Waals surface area contributed by atoms with Gasteiger partial charge in [0.1, 0.15) is 0 Å². The Hall–Kier alpha value is -2.03. The lowest BCUT2D eigenvalue weighted by molar-refractivity contribution is -0.154. The number of hydrogen-bond donors (Lipinski definition) is 2. The smallest absolute Gasteiger partial charge is 0.422 e. The van der Waals surface area contributed by atoms with E-state index in [1.807, 2.05) is 0 Å². The highest BCUT2D eigenvalue weighted by Gasteiger charge is 2.28. The summed E-state index contributed by atoms with van der Waals surface area (Å²) in [6, 6.07) is 2.26. The van der Waals surface area contributed by atoms with Gasteiger partial charge in [-0.05, 0) is 12.5 Å². The summed E-state index contributed by atoms with van der Waals surface area (Å²) in [7, 11) is 0. The van der Waals surface area contributed by atoms with Crippen molar-refractivity contribution in [3.8, 4) is 5.88 Å². The Morgan fingerprint density at radius 1 is 1.45 bits per heavy atom. The zero-order valence-corrected chi connectivity index (χ0v) is 11.7. The van der Waals surface area contributed by atoms with Gasteiger partial charge in [0.2, 0.25) is 5.88 Å². The first-order valence-corrected chi connectivity index (χ1v) is 6.70. The Morgan fingerprint density at radius 3 is 2.86 bits per heavy atom. The molecule has 6 nitrogen and oxygen atoms in total. The summed E-state index contributed by atoms with van der Waals surface area (Å²) in [5.41, 5.74) is 0.361. The molecule has 9 heteroatoms. The van der Waals surface area contributed by atoms with Gasteiger partial charge in [-0.3, -0.25) is 0 Å². The lowest BCUT2D eigenvalue weighted by Crippen LogP contribution is -2.33. The quantitative estimate of drug-likeness (QED) is 0.872. The molecule has 1 aromatic rings. The number of urea groups is 1. The third kappa shape index (κ3) is 5.76. The average molecular weight is 319 g/mol. The maximum absolute atomic E-state index is 12.0. The second kappa shape index (κ2) is 7.30. The number of amides is 2. The molecular formula is C13H16F3N3O3. The largest absolute Gasteiger partial charge is 0.468 e. The van der Waals surface area contributed by atoms with Crippen LogP contribution in [0.1, 0.15) is 6.42 Å². The molecule has 0 aromatic carbocycles. The van der Waals surface area contributed by atoms with Gasteiger partial charge >= 0.3 is 12.2 Å². The third-order valence-corrected chi connectivity index (χ3v) is 2.95. The standard InChI is InChI=1S/C13H16F3N3O3/c14-13(15,16)8-22-11-2-1-10(6-17-11)19-12(20)18-5-9-3-4-21-7-9/h1-2,6,9H,3-5,7-8H2,(H2,18,19,20)/t9-/m0/s1. The molecule has 0 unspecified atom stereocenters. The zero-order chi connectivity index (χ0) is 16.0. The summed E-state index contributed by atoms with van der Waals surface area (Å²) in [5, 5.41) is 5.23. The highest BCUT2D eigenvalue weighted by molar-refractivity contribution is 5.88. The van der Waals surface area contributed by atoms with Crippen LogP contribution in [-0.2, 0) is 4.74 Å². The Labute approximate surface area is 125 Å². The first-order valence-electron chi connectivity index (χ1n) is 6.70. The van der Waals surface area contributed by atoms with E-state index >= 15 is 0 Å². The minimum Gasteiger partial charge on any atom is -0.468 e. The zero-order valence-electron chi connectivity index (χ0n) is 11.7. The Balaban J connectivity index is 1.74. The molecule has 0 aliphatic carbocycles. The molecule has 1 atom stereocenters. The number of carbonyl (C=O) groups excluding carboxylic acids is 1. The van der Waals surface area contributed by atoms with E-state index in [1.54, 1.807) is 0 Å². The van der Waals surface area contributed by atoms with Crippen LogP contribution in [0.25, 0.3) is 0 Å². The van der Waals surface area contributed by atoms with Crippen molar-refractivity contribution in [1.82, 2.24) is 10.3 Å². The van der Waals surface area contributed by atoms with Crippen molar-refractivity contribution in [2.45, 2.75) is 12.6 Å². The molecule has 1 aliphatic rings. The van der Waals surface area contributed by atoms with Gasteiger partial charge in [-0.15, -0.1) is 0 Å². The van der Waals surface area contributed by atoms with Gasteiger partial charge in [0.15, 0.2) is 6.61 Å². The van der Waals surface area contributed by atoms with Gasteiger partial charge in [-0.25, -0.2) is 9.78 Å². The van der Waals surface area contributed by atoms with Crippen LogP contribution in [0.15, 0.2) is 18.3 Å². The normalized spacial score (nSPS) is 18.0. The second-order valence-electron chi connectivity index (χ2n) is 4.85. The number of pyridine rings is 1. The summed E-state index contributed by atoms with van der Waals surface area (Å²) in [6.07, 6.45) is -2.28. The molecule has 1 fully saturated rings. The van der Waals surface area contributed by atoms with E-state index in [-0.39, 0.29) is 5.88 Å². The van der Waals surface area contributed by atoms with Crippen molar-refractivity contribution in [3.05, 3.63) is 18.3 Å². The fourth-order valence-corrected chi connectivity index (χ4v) is 1.85. The summed E-state index contributed by atoms with van der Waals surface area (Å²) < 4.78 is 45.6. The predicted molar refractivity (Wildman–Crippen MR) is 71.7 cm³/mol. The number of anilines is 1. The highest BCUT2D eigenvalue weighted by Crippen LogP contribution is 2.18. The molecule has 2 amide bonds. The number of nitrogens with one attached hydrogen (secondary N) is 2. The molecule has 0 saturated carbocycles. The van der Waals surface area contributed by atoms with Crippen LogP contribution in [0.5, 0.6) is 5.88 Å². The van der Waals surface area contributed by atoms with E-state index in [4.69, 9.17) is 4.74 Å². The van der Waals surface area contributed by atoms with E-state index in [1.165, 1.54) is 18.3 Å². The van der Waals surface area contributed by atoms with Crippen LogP contribution >= 0.6 is 0 Å². The van der Waals surface area contributed by atoms with E-state index in [9.17, 15) is 18.0 Å². The van der Waals surface area contributed by atoms with Crippen molar-refractivity contribution in [1.29, 1.82) is 0 Å². The number of hydrogen-bond acceptors (Lipinski definition) is 4. The Bertz CT molecular complexity index is 488. The van der Waals surface area contributed by atoms with Crippen LogP contribution in [0.4, 0.5) is 23.7 Å². The van der Waals surface area contributed by atoms with Gasteiger partial charge in [-0.2, -0.15) is 13.2 Å². The number of aromatic nitrogens is 1. The topological polar surface area (TPSA) is 72.5 Å². The monoisotopic (exact) mass is 319 g/mol. The van der Waals surface area contributed by atoms with Crippen LogP contribution in [0, 0.1) is 5.92 Å². The van der Waals surface area contributed by atoms with E-state index in [2.05, 4.69) is 20.4 Å². The second-order valence-corrected chi connectivity index (χ2v) is 4.85. The Morgan fingerprint density at radius 2 is 2.27 bits per heavy atom. The molecule has 122 valence electrons. The molecule has 0 bridgehead atoms. The molecule has 1 saturated heterocycles.